The van der Waals surface area contributed by atoms with Crippen LogP contribution in [0.5, 0.6) is 0 Å². The highest BCUT2D eigenvalue weighted by atomic mass is 16.4. The number of hydrogen-bond donors (Lipinski definition) is 2. The van der Waals surface area contributed by atoms with Gasteiger partial charge in [0.1, 0.15) is 0 Å². The van der Waals surface area contributed by atoms with Crippen LogP contribution in [0.25, 0.3) is 0 Å². The molecule has 0 unspecified atom stereocenters. The second-order valence-corrected chi connectivity index (χ2v) is 4.02. The van der Waals surface area contributed by atoms with Crippen LogP contribution in [-0.2, 0) is 0 Å². The molecule has 0 radical (unpaired) electrons. The van der Waals surface area contributed by atoms with Crippen molar-refractivity contribution in [3.8, 4) is 0 Å². The topological polar surface area (TPSA) is 52.6 Å². The summed E-state index contributed by atoms with van der Waals surface area (Å²) in [4.78, 5) is 12.8. The summed E-state index contributed by atoms with van der Waals surface area (Å²) in [6.45, 7) is 2.21. The maximum atomic E-state index is 10.4. The molecule has 1 aliphatic rings. The predicted molar refractivity (Wildman–Crippen MR) is 64.2 cm³/mol. The van der Waals surface area contributed by atoms with Crippen LogP contribution in [0.3, 0.4) is 0 Å². The molecule has 2 rings (SSSR count). The van der Waals surface area contributed by atoms with Gasteiger partial charge in [-0.1, -0.05) is 0 Å². The van der Waals surface area contributed by atoms with Crippen molar-refractivity contribution in [2.75, 3.05) is 23.3 Å². The van der Waals surface area contributed by atoms with Gasteiger partial charge in [-0.05, 0) is 43.5 Å². The minimum atomic E-state index is -1.02. The van der Waals surface area contributed by atoms with Gasteiger partial charge in [-0.15, -0.1) is 0 Å². The van der Waals surface area contributed by atoms with Gasteiger partial charge in [0.25, 0.3) is 0 Å². The van der Waals surface area contributed by atoms with E-state index < -0.39 is 6.09 Å². The maximum absolute atomic E-state index is 10.4. The Labute approximate surface area is 94.9 Å². The first kappa shape index (κ1) is 10.8. The first-order valence-corrected chi connectivity index (χ1v) is 5.61. The van der Waals surface area contributed by atoms with Crippen molar-refractivity contribution in [1.29, 1.82) is 0 Å². The molecule has 1 fully saturated rings. The average molecular weight is 220 g/mol. The van der Waals surface area contributed by atoms with E-state index in [0.29, 0.717) is 5.69 Å². The molecule has 0 aromatic heterocycles. The van der Waals surface area contributed by atoms with E-state index in [2.05, 4.69) is 10.2 Å². The zero-order valence-electron chi connectivity index (χ0n) is 9.15. The number of nitrogens with one attached hydrogen (secondary N) is 1. The summed E-state index contributed by atoms with van der Waals surface area (Å²) in [5, 5.41) is 10.9. The molecule has 86 valence electrons. The first-order valence-electron chi connectivity index (χ1n) is 5.61. The number of carbonyl (C=O) groups is 1. The largest absolute Gasteiger partial charge is 0.465 e. The SMILES string of the molecule is O=C(O)Nc1ccc(N2CCCCC2)cc1. The van der Waals surface area contributed by atoms with Crippen LogP contribution in [-0.4, -0.2) is 24.3 Å². The number of benzene rings is 1. The smallest absolute Gasteiger partial charge is 0.409 e. The number of piperidine rings is 1. The Morgan fingerprint density at radius 3 is 2.31 bits per heavy atom. The van der Waals surface area contributed by atoms with Crippen LogP contribution in [0.2, 0.25) is 0 Å². The van der Waals surface area contributed by atoms with Crippen LogP contribution in [0.1, 0.15) is 19.3 Å². The second kappa shape index (κ2) is 4.88. The Bertz CT molecular complexity index is 356. The molecular formula is C12H16N2O2. The summed E-state index contributed by atoms with van der Waals surface area (Å²) in [5.41, 5.74) is 1.80. The Morgan fingerprint density at radius 2 is 1.75 bits per heavy atom. The molecule has 16 heavy (non-hydrogen) atoms. The van der Waals surface area contributed by atoms with Crippen LogP contribution in [0, 0.1) is 0 Å². The van der Waals surface area contributed by atoms with E-state index in [1.54, 1.807) is 12.1 Å². The molecular weight excluding hydrogens is 204 g/mol. The van der Waals surface area contributed by atoms with E-state index in [9.17, 15) is 4.79 Å². The fourth-order valence-corrected chi connectivity index (χ4v) is 2.03. The second-order valence-electron chi connectivity index (χ2n) is 4.02. The van der Waals surface area contributed by atoms with E-state index in [0.717, 1.165) is 13.1 Å². The molecule has 4 heteroatoms. The zero-order valence-corrected chi connectivity index (χ0v) is 9.15. The van der Waals surface area contributed by atoms with Crippen molar-refractivity contribution in [3.63, 3.8) is 0 Å². The first-order chi connectivity index (χ1) is 7.75. The van der Waals surface area contributed by atoms with Crippen molar-refractivity contribution in [1.82, 2.24) is 0 Å². The summed E-state index contributed by atoms with van der Waals surface area (Å²) in [6.07, 6.45) is 2.78. The van der Waals surface area contributed by atoms with Gasteiger partial charge in [0.05, 0.1) is 0 Å². The van der Waals surface area contributed by atoms with Crippen molar-refractivity contribution >= 4 is 17.5 Å². The molecule has 1 aliphatic heterocycles. The van der Waals surface area contributed by atoms with Crippen LogP contribution < -0.4 is 10.2 Å². The van der Waals surface area contributed by atoms with E-state index in [1.807, 2.05) is 12.1 Å². The maximum Gasteiger partial charge on any atom is 0.409 e. The molecule has 1 aromatic rings. The van der Waals surface area contributed by atoms with Gasteiger partial charge in [-0.25, -0.2) is 4.79 Å². The van der Waals surface area contributed by atoms with E-state index in [-0.39, 0.29) is 0 Å². The van der Waals surface area contributed by atoms with Crippen molar-refractivity contribution in [2.45, 2.75) is 19.3 Å². The molecule has 0 spiro atoms. The van der Waals surface area contributed by atoms with Gasteiger partial charge in [0.15, 0.2) is 0 Å². The normalized spacial score (nSPS) is 15.9. The lowest BCUT2D eigenvalue weighted by atomic mass is 10.1. The summed E-state index contributed by atoms with van der Waals surface area (Å²) in [5.74, 6) is 0. The van der Waals surface area contributed by atoms with Gasteiger partial charge < -0.3 is 10.0 Å². The summed E-state index contributed by atoms with van der Waals surface area (Å²) in [6, 6.07) is 7.54. The Balaban J connectivity index is 2.03. The van der Waals surface area contributed by atoms with Gasteiger partial charge in [0.2, 0.25) is 0 Å². The third kappa shape index (κ3) is 2.66. The molecule has 0 bridgehead atoms. The minimum Gasteiger partial charge on any atom is -0.465 e. The highest BCUT2D eigenvalue weighted by Gasteiger charge is 2.10. The highest BCUT2D eigenvalue weighted by Crippen LogP contribution is 2.21. The number of rotatable bonds is 2. The third-order valence-corrected chi connectivity index (χ3v) is 2.84. The molecule has 1 aromatic carbocycles. The van der Waals surface area contributed by atoms with Crippen LogP contribution >= 0.6 is 0 Å². The third-order valence-electron chi connectivity index (χ3n) is 2.84. The lowest BCUT2D eigenvalue weighted by Crippen LogP contribution is -2.29. The number of carboxylic acid groups (broad SMARTS) is 1. The number of anilines is 2. The van der Waals surface area contributed by atoms with Gasteiger partial charge in [-0.2, -0.15) is 0 Å². The molecule has 1 heterocycles. The molecule has 0 aliphatic carbocycles. The summed E-state index contributed by atoms with van der Waals surface area (Å²) in [7, 11) is 0. The molecule has 0 saturated carbocycles. The molecule has 1 saturated heterocycles. The Hall–Kier alpha value is -1.71. The quantitative estimate of drug-likeness (QED) is 0.805. The lowest BCUT2D eigenvalue weighted by molar-refractivity contribution is 0.210. The molecule has 1 amide bonds. The number of amides is 1. The van der Waals surface area contributed by atoms with E-state index in [4.69, 9.17) is 5.11 Å². The van der Waals surface area contributed by atoms with E-state index >= 15 is 0 Å². The van der Waals surface area contributed by atoms with Crippen LogP contribution in [0.15, 0.2) is 24.3 Å². The Morgan fingerprint density at radius 1 is 1.12 bits per heavy atom. The van der Waals surface area contributed by atoms with Gasteiger partial charge in [0, 0.05) is 24.5 Å². The number of hydrogen-bond acceptors (Lipinski definition) is 2. The monoisotopic (exact) mass is 220 g/mol. The van der Waals surface area contributed by atoms with Gasteiger partial charge in [-0.3, -0.25) is 5.32 Å². The summed E-state index contributed by atoms with van der Waals surface area (Å²) >= 11 is 0. The highest BCUT2D eigenvalue weighted by molar-refractivity contribution is 5.83. The van der Waals surface area contributed by atoms with Crippen molar-refractivity contribution in [2.24, 2.45) is 0 Å². The number of nitrogens with zero attached hydrogens (tertiary/aromatic N) is 1. The molecule has 2 N–H and O–H groups in total. The van der Waals surface area contributed by atoms with Gasteiger partial charge >= 0.3 is 6.09 Å². The zero-order chi connectivity index (χ0) is 11.4. The molecule has 4 nitrogen and oxygen atoms in total. The van der Waals surface area contributed by atoms with Crippen LogP contribution in [0.4, 0.5) is 16.2 Å². The lowest BCUT2D eigenvalue weighted by Gasteiger charge is -2.28. The molecule has 0 atom stereocenters. The predicted octanol–water partition coefficient (Wildman–Crippen LogP) is 2.77. The summed E-state index contributed by atoms with van der Waals surface area (Å²) < 4.78 is 0. The van der Waals surface area contributed by atoms with Crippen molar-refractivity contribution < 1.29 is 9.90 Å². The fourth-order valence-electron chi connectivity index (χ4n) is 2.03. The van der Waals surface area contributed by atoms with Crippen molar-refractivity contribution in [3.05, 3.63) is 24.3 Å². The Kier molecular flexibility index (Phi) is 3.29. The minimum absolute atomic E-state index is 0.619. The standard InChI is InChI=1S/C12H16N2O2/c15-12(16)13-10-4-6-11(7-5-10)14-8-2-1-3-9-14/h4-7,13H,1-3,8-9H2,(H,15,16). The van der Waals surface area contributed by atoms with E-state index in [1.165, 1.54) is 24.9 Å². The fraction of sp³-hybridized carbons (Fsp3) is 0.417. The average Bonchev–Trinajstić information content (AvgIpc) is 2.30.